The van der Waals surface area contributed by atoms with Gasteiger partial charge in [-0.15, -0.1) is 0 Å². The second-order valence-corrected chi connectivity index (χ2v) is 10.0. The number of carbonyl (C=O) groups is 1. The number of amides is 1. The van der Waals surface area contributed by atoms with E-state index >= 15 is 0 Å². The molecule has 30 heavy (non-hydrogen) atoms. The van der Waals surface area contributed by atoms with E-state index in [-0.39, 0.29) is 41.9 Å². The van der Waals surface area contributed by atoms with Gasteiger partial charge in [-0.3, -0.25) is 4.79 Å². The zero-order chi connectivity index (χ0) is 21.8. The predicted molar refractivity (Wildman–Crippen MR) is 121 cm³/mol. The van der Waals surface area contributed by atoms with Crippen LogP contribution in [0.15, 0.2) is 0 Å². The van der Waals surface area contributed by atoms with E-state index in [9.17, 15) is 17.8 Å². The van der Waals surface area contributed by atoms with E-state index in [0.717, 1.165) is 12.8 Å². The van der Waals surface area contributed by atoms with Crippen molar-refractivity contribution in [3.63, 3.8) is 0 Å². The summed E-state index contributed by atoms with van der Waals surface area (Å²) in [5, 5.41) is 0. The van der Waals surface area contributed by atoms with Gasteiger partial charge in [-0.1, -0.05) is 103 Å². The molecule has 0 unspecified atom stereocenters. The molecule has 0 aliphatic heterocycles. The van der Waals surface area contributed by atoms with E-state index in [2.05, 4.69) is 6.92 Å². The van der Waals surface area contributed by atoms with Gasteiger partial charge in [0.1, 0.15) is 0 Å². The monoisotopic (exact) mass is 455 g/mol. The van der Waals surface area contributed by atoms with Crippen LogP contribution in [-0.4, -0.2) is 43.1 Å². The van der Waals surface area contributed by atoms with Crippen molar-refractivity contribution in [2.45, 2.75) is 122 Å². The maximum absolute atomic E-state index is 11.9. The molecule has 0 saturated carbocycles. The Bertz CT molecular complexity index is 486. The Hall–Kier alpha value is 0.380. The van der Waals surface area contributed by atoms with Crippen LogP contribution in [0.4, 0.5) is 0 Å². The predicted octanol–water partition coefficient (Wildman–Crippen LogP) is 3.04. The molecule has 0 radical (unpaired) electrons. The van der Waals surface area contributed by atoms with Crippen molar-refractivity contribution in [1.82, 2.24) is 4.90 Å². The molecule has 0 N–H and O–H groups in total. The largest absolute Gasteiger partial charge is 1.00 e. The molecule has 0 fully saturated rings. The molecule has 7 heteroatoms. The number of hydrogen-bond acceptors (Lipinski definition) is 4. The van der Waals surface area contributed by atoms with Crippen LogP contribution in [0.2, 0.25) is 0 Å². The second-order valence-electron chi connectivity index (χ2n) is 8.48. The summed E-state index contributed by atoms with van der Waals surface area (Å²) in [5.74, 6) is -0.359. The fourth-order valence-electron chi connectivity index (χ4n) is 3.62. The molecule has 0 aromatic rings. The van der Waals surface area contributed by atoms with Gasteiger partial charge >= 0.3 is 29.6 Å². The summed E-state index contributed by atoms with van der Waals surface area (Å²) in [4.78, 5) is 13.5. The number of nitrogens with zero attached hydrogens (tertiary/aromatic N) is 1. The molecule has 0 atom stereocenters. The van der Waals surface area contributed by atoms with Gasteiger partial charge in [0.2, 0.25) is 5.91 Å². The molecule has 174 valence electrons. The number of unbranched alkanes of at least 4 members (excludes halogenated alkanes) is 15. The van der Waals surface area contributed by atoms with Crippen molar-refractivity contribution in [2.24, 2.45) is 0 Å². The number of hydrogen-bond donors (Lipinski definition) is 0. The number of carbonyl (C=O) groups excluding carboxylic acids is 1. The average molecular weight is 456 g/mol. The van der Waals surface area contributed by atoms with Gasteiger partial charge in [-0.25, -0.2) is 8.42 Å². The summed E-state index contributed by atoms with van der Waals surface area (Å²) >= 11 is 0. The maximum Gasteiger partial charge on any atom is 1.00 e. The summed E-state index contributed by atoms with van der Waals surface area (Å²) in [5.41, 5.74) is 0. The standard InChI is InChI=1S/C23H47NO4S.Na/c1-3-4-5-6-7-8-9-10-11-12-13-14-15-16-17-18-20-23(25)24(2)21-19-22-29(26,27)28;/h3-22H2,1-2H3,(H,26,27,28);/q;+1/p-1. The van der Waals surface area contributed by atoms with Crippen LogP contribution < -0.4 is 29.6 Å². The average Bonchev–Trinajstić information content (AvgIpc) is 2.66. The molecule has 0 aliphatic carbocycles. The van der Waals surface area contributed by atoms with Crippen LogP contribution in [0.1, 0.15) is 122 Å². The minimum atomic E-state index is -4.18. The fourth-order valence-corrected chi connectivity index (χ4v) is 4.10. The Balaban J connectivity index is 0. The normalized spacial score (nSPS) is 11.3. The summed E-state index contributed by atoms with van der Waals surface area (Å²) in [6, 6.07) is 0. The van der Waals surface area contributed by atoms with Gasteiger partial charge < -0.3 is 9.45 Å². The Kier molecular flexibility index (Phi) is 24.5. The van der Waals surface area contributed by atoms with Crippen LogP contribution in [0.5, 0.6) is 0 Å². The fraction of sp³-hybridized carbons (Fsp3) is 0.957. The molecular formula is C23H46NNaO4S. The van der Waals surface area contributed by atoms with Crippen LogP contribution >= 0.6 is 0 Å². The van der Waals surface area contributed by atoms with Gasteiger partial charge in [0, 0.05) is 25.8 Å². The van der Waals surface area contributed by atoms with E-state index < -0.39 is 15.9 Å². The topological polar surface area (TPSA) is 77.5 Å². The van der Waals surface area contributed by atoms with Crippen LogP contribution in [0, 0.1) is 0 Å². The second kappa shape index (κ2) is 22.6. The molecule has 0 heterocycles. The van der Waals surface area contributed by atoms with Gasteiger partial charge in [0.05, 0.1) is 10.1 Å². The zero-order valence-corrected chi connectivity index (χ0v) is 22.9. The Morgan fingerprint density at radius 3 is 1.43 bits per heavy atom. The summed E-state index contributed by atoms with van der Waals surface area (Å²) in [6.07, 6.45) is 21.7. The third-order valence-electron chi connectivity index (χ3n) is 5.56. The van der Waals surface area contributed by atoms with Gasteiger partial charge in [-0.05, 0) is 12.8 Å². The van der Waals surface area contributed by atoms with E-state index in [1.807, 2.05) is 0 Å². The summed E-state index contributed by atoms with van der Waals surface area (Å²) in [7, 11) is -2.51. The zero-order valence-electron chi connectivity index (χ0n) is 20.1. The number of rotatable bonds is 21. The van der Waals surface area contributed by atoms with Crippen LogP contribution in [0.3, 0.4) is 0 Å². The molecular weight excluding hydrogens is 409 g/mol. The maximum atomic E-state index is 11.9. The first kappa shape index (κ1) is 32.6. The first-order valence-electron chi connectivity index (χ1n) is 12.0. The van der Waals surface area contributed by atoms with E-state index in [1.54, 1.807) is 7.05 Å². The first-order chi connectivity index (χ1) is 13.9. The van der Waals surface area contributed by atoms with Gasteiger partial charge in [0.15, 0.2) is 0 Å². The molecule has 5 nitrogen and oxygen atoms in total. The SMILES string of the molecule is CCCCCCCCCCCCCCCCCCC(=O)N(C)CCCS(=O)(=O)[O-].[Na+]. The third kappa shape index (κ3) is 24.6. The Morgan fingerprint density at radius 1 is 0.700 bits per heavy atom. The molecule has 0 rings (SSSR count). The first-order valence-corrected chi connectivity index (χ1v) is 13.6. The molecule has 0 aliphatic rings. The van der Waals surface area contributed by atoms with Crippen molar-refractivity contribution in [1.29, 1.82) is 0 Å². The Labute approximate surface area is 209 Å². The Morgan fingerprint density at radius 2 is 1.07 bits per heavy atom. The minimum Gasteiger partial charge on any atom is -0.748 e. The van der Waals surface area contributed by atoms with Crippen molar-refractivity contribution in [3.05, 3.63) is 0 Å². The third-order valence-corrected chi connectivity index (χ3v) is 6.35. The van der Waals surface area contributed by atoms with E-state index in [1.165, 1.54) is 94.8 Å². The van der Waals surface area contributed by atoms with Crippen molar-refractivity contribution >= 4 is 16.0 Å². The minimum absolute atomic E-state index is 0. The molecule has 0 saturated heterocycles. The molecule has 1 amide bonds. The smallest absolute Gasteiger partial charge is 0.748 e. The molecule has 0 aromatic heterocycles. The van der Waals surface area contributed by atoms with Crippen molar-refractivity contribution < 1.29 is 47.3 Å². The molecule has 0 spiro atoms. The van der Waals surface area contributed by atoms with Gasteiger partial charge in [0.25, 0.3) is 0 Å². The molecule has 0 aromatic carbocycles. The quantitative estimate of drug-likeness (QED) is 0.151. The van der Waals surface area contributed by atoms with Crippen LogP contribution in [-0.2, 0) is 14.9 Å². The van der Waals surface area contributed by atoms with Crippen molar-refractivity contribution in [2.75, 3.05) is 19.3 Å². The molecule has 0 bridgehead atoms. The van der Waals surface area contributed by atoms with E-state index in [0.29, 0.717) is 13.0 Å². The van der Waals surface area contributed by atoms with E-state index in [4.69, 9.17) is 0 Å². The van der Waals surface area contributed by atoms with Crippen LogP contribution in [0.25, 0.3) is 0 Å². The van der Waals surface area contributed by atoms with Gasteiger partial charge in [-0.2, -0.15) is 0 Å². The summed E-state index contributed by atoms with van der Waals surface area (Å²) in [6.45, 7) is 2.60. The summed E-state index contributed by atoms with van der Waals surface area (Å²) < 4.78 is 31.7. The van der Waals surface area contributed by atoms with Crippen molar-refractivity contribution in [3.8, 4) is 0 Å².